The number of esters is 1. The number of aliphatic hydroxyl groups excluding tert-OH is 1. The Kier molecular flexibility index (Phi) is 7.28. The van der Waals surface area contributed by atoms with Crippen LogP contribution in [0.25, 0.3) is 0 Å². The van der Waals surface area contributed by atoms with Crippen molar-refractivity contribution >= 4 is 29.7 Å². The highest BCUT2D eigenvalue weighted by Crippen LogP contribution is 2.69. The summed E-state index contributed by atoms with van der Waals surface area (Å²) in [5.41, 5.74) is -0.952. The molecule has 42 heavy (non-hydrogen) atoms. The molecule has 5 fully saturated rings. The average molecular weight is 587 g/mol. The van der Waals surface area contributed by atoms with Crippen LogP contribution in [0, 0.1) is 34.5 Å². The van der Waals surface area contributed by atoms with E-state index < -0.39 is 34.9 Å². The first kappa shape index (κ1) is 29.3. The van der Waals surface area contributed by atoms with Crippen molar-refractivity contribution in [3.63, 3.8) is 0 Å². The molecule has 2 aliphatic heterocycles. The number of carbonyl (C=O) groups is 5. The molecule has 4 saturated carbocycles. The molecule has 0 radical (unpaired) electrons. The minimum absolute atomic E-state index is 0.0178. The molecule has 11 heteroatoms. The van der Waals surface area contributed by atoms with Gasteiger partial charge in [-0.15, -0.1) is 5.06 Å². The van der Waals surface area contributed by atoms with Crippen LogP contribution in [0.2, 0.25) is 0 Å². The summed E-state index contributed by atoms with van der Waals surface area (Å²) in [6, 6.07) is -0.0329. The predicted octanol–water partition coefficient (Wildman–Crippen LogP) is 2.09. The van der Waals surface area contributed by atoms with Crippen LogP contribution in [0.5, 0.6) is 0 Å². The van der Waals surface area contributed by atoms with Crippen molar-refractivity contribution in [3.8, 4) is 0 Å². The van der Waals surface area contributed by atoms with Gasteiger partial charge in [0.15, 0.2) is 0 Å². The smallest absolute Gasteiger partial charge is 0.333 e. The lowest BCUT2D eigenvalue weighted by molar-refractivity contribution is -0.243. The number of hydrogen-bond acceptors (Lipinski definition) is 9. The van der Waals surface area contributed by atoms with E-state index in [2.05, 4.69) is 12.2 Å². The maximum Gasteiger partial charge on any atom is 0.333 e. The Morgan fingerprint density at radius 3 is 2.45 bits per heavy atom. The molecule has 0 bridgehead atoms. The summed E-state index contributed by atoms with van der Waals surface area (Å²) in [7, 11) is 0. The Bertz CT molecular complexity index is 1220. The number of rotatable bonds is 6. The summed E-state index contributed by atoms with van der Waals surface area (Å²) >= 11 is 0. The summed E-state index contributed by atoms with van der Waals surface area (Å²) in [6.45, 7) is 4.54. The van der Waals surface area contributed by atoms with Crippen molar-refractivity contribution in [1.82, 2.24) is 10.4 Å². The summed E-state index contributed by atoms with van der Waals surface area (Å²) in [5, 5.41) is 27.6. The number of cyclic esters (lactones) is 1. The molecule has 1 saturated heterocycles. The van der Waals surface area contributed by atoms with Crippen molar-refractivity contribution in [2.24, 2.45) is 34.5 Å². The Morgan fingerprint density at radius 2 is 1.76 bits per heavy atom. The van der Waals surface area contributed by atoms with E-state index in [9.17, 15) is 34.2 Å². The first-order valence-electron chi connectivity index (χ1n) is 15.5. The number of hydrogen-bond donors (Lipinski definition) is 3. The molecule has 6 rings (SSSR count). The van der Waals surface area contributed by atoms with Gasteiger partial charge < -0.3 is 25.1 Å². The first-order valence-corrected chi connectivity index (χ1v) is 15.5. The zero-order valence-corrected chi connectivity index (χ0v) is 24.4. The Labute approximate surface area is 245 Å². The Hall–Kier alpha value is -2.79. The van der Waals surface area contributed by atoms with E-state index in [4.69, 9.17) is 9.57 Å². The van der Waals surface area contributed by atoms with Gasteiger partial charge in [0.05, 0.1) is 18.1 Å². The van der Waals surface area contributed by atoms with Gasteiger partial charge in [-0.1, -0.05) is 13.8 Å². The maximum absolute atomic E-state index is 12.7. The normalized spacial score (nSPS) is 42.8. The van der Waals surface area contributed by atoms with Crippen molar-refractivity contribution in [2.75, 3.05) is 6.61 Å². The van der Waals surface area contributed by atoms with Gasteiger partial charge in [-0.25, -0.2) is 9.59 Å². The second-order valence-corrected chi connectivity index (χ2v) is 14.0. The topological polar surface area (TPSA) is 160 Å². The third-order valence-corrected chi connectivity index (χ3v) is 12.2. The quantitative estimate of drug-likeness (QED) is 0.313. The molecule has 0 aromatic rings. The van der Waals surface area contributed by atoms with Crippen LogP contribution in [0.1, 0.15) is 90.9 Å². The lowest BCUT2D eigenvalue weighted by atomic mass is 9.42. The van der Waals surface area contributed by atoms with Crippen LogP contribution in [-0.2, 0) is 33.5 Å². The van der Waals surface area contributed by atoms with E-state index in [0.29, 0.717) is 23.8 Å². The zero-order chi connectivity index (χ0) is 30.0. The molecular formula is C31H42N2O9. The van der Waals surface area contributed by atoms with Crippen molar-refractivity contribution in [3.05, 3.63) is 11.6 Å². The molecule has 3 amide bonds. The molecular weight excluding hydrogens is 544 g/mol. The fourth-order valence-corrected chi connectivity index (χ4v) is 9.84. The average Bonchev–Trinajstić information content (AvgIpc) is 3.60. The highest BCUT2D eigenvalue weighted by molar-refractivity contribution is 6.01. The summed E-state index contributed by atoms with van der Waals surface area (Å²) < 4.78 is 5.19. The van der Waals surface area contributed by atoms with E-state index in [1.54, 1.807) is 6.08 Å². The molecule has 3 N–H and O–H groups in total. The van der Waals surface area contributed by atoms with Crippen LogP contribution >= 0.6 is 0 Å². The molecule has 4 aliphatic carbocycles. The molecule has 0 spiro atoms. The SMILES string of the molecule is CC12CCC(NC(=O)CCC(=O)ON3C(=O)CCC3=O)CC1CCC1[C@@H]2CC(O)C2(C)C(C3=CC(=O)OC3)CC[C@]12O. The summed E-state index contributed by atoms with van der Waals surface area (Å²) in [4.78, 5) is 64.7. The molecule has 230 valence electrons. The van der Waals surface area contributed by atoms with Gasteiger partial charge in [-0.05, 0) is 86.0 Å². The fourth-order valence-electron chi connectivity index (χ4n) is 9.84. The second kappa shape index (κ2) is 10.4. The van der Waals surface area contributed by atoms with Gasteiger partial charge in [-0.2, -0.15) is 0 Å². The molecule has 0 aromatic carbocycles. The fraction of sp³-hybridized carbons (Fsp3) is 0.774. The number of fused-ring (bicyclic) bond motifs is 5. The van der Waals surface area contributed by atoms with E-state index in [1.807, 2.05) is 6.92 Å². The summed E-state index contributed by atoms with van der Waals surface area (Å²) in [6.07, 6.45) is 6.70. The monoisotopic (exact) mass is 586 g/mol. The molecule has 11 nitrogen and oxygen atoms in total. The third-order valence-electron chi connectivity index (χ3n) is 12.2. The molecule has 6 aliphatic rings. The Balaban J connectivity index is 1.07. The number of nitrogens with zero attached hydrogens (tertiary/aromatic N) is 1. The zero-order valence-electron chi connectivity index (χ0n) is 24.4. The highest BCUT2D eigenvalue weighted by atomic mass is 16.7. The van der Waals surface area contributed by atoms with Gasteiger partial charge >= 0.3 is 11.9 Å². The van der Waals surface area contributed by atoms with Crippen LogP contribution < -0.4 is 5.32 Å². The van der Waals surface area contributed by atoms with E-state index in [0.717, 1.165) is 44.1 Å². The minimum atomic E-state index is -1.02. The van der Waals surface area contributed by atoms with Crippen LogP contribution in [-0.4, -0.2) is 69.3 Å². The number of hydroxylamine groups is 2. The second-order valence-electron chi connectivity index (χ2n) is 14.0. The van der Waals surface area contributed by atoms with Crippen molar-refractivity contribution < 1.29 is 43.8 Å². The minimum Gasteiger partial charge on any atom is -0.458 e. The molecule has 9 atom stereocenters. The lowest BCUT2D eigenvalue weighted by Gasteiger charge is -2.65. The number of aliphatic hydroxyl groups is 2. The van der Waals surface area contributed by atoms with Crippen molar-refractivity contribution in [1.29, 1.82) is 0 Å². The van der Waals surface area contributed by atoms with Crippen LogP contribution in [0.3, 0.4) is 0 Å². The number of imide groups is 1. The standard InChI is InChI=1S/C31H42N2O9/c1-29-11-9-19(32-24(35)5-8-27(38)42-33-25(36)6-7-26(33)37)14-18(29)3-4-21-22(29)15-23(34)30(2)20(10-12-31(21,30)40)17-13-28(39)41-16-17/h13,18-23,34,40H,3-12,14-16H2,1-2H3,(H,32,35)/t18?,19?,20?,21?,22-,23?,29?,30?,31-/m0/s1. The highest BCUT2D eigenvalue weighted by Gasteiger charge is 2.70. The number of amides is 3. The largest absolute Gasteiger partial charge is 0.458 e. The van der Waals surface area contributed by atoms with Gasteiger partial charge in [0.2, 0.25) is 5.91 Å². The third kappa shape index (κ3) is 4.49. The number of ether oxygens (including phenoxy) is 1. The van der Waals surface area contributed by atoms with Crippen LogP contribution in [0.4, 0.5) is 0 Å². The number of nitrogens with one attached hydrogen (secondary N) is 1. The van der Waals surface area contributed by atoms with Gasteiger partial charge in [0.1, 0.15) is 6.61 Å². The maximum atomic E-state index is 12.7. The molecule has 2 heterocycles. The van der Waals surface area contributed by atoms with Gasteiger partial charge in [0.25, 0.3) is 11.8 Å². The van der Waals surface area contributed by atoms with Gasteiger partial charge in [0, 0.05) is 36.8 Å². The first-order chi connectivity index (χ1) is 19.9. The Morgan fingerprint density at radius 1 is 1.02 bits per heavy atom. The predicted molar refractivity (Wildman–Crippen MR) is 145 cm³/mol. The van der Waals surface area contributed by atoms with Gasteiger partial charge in [-0.3, -0.25) is 14.4 Å². The lowest BCUT2D eigenvalue weighted by Crippen LogP contribution is -2.67. The number of carbonyl (C=O) groups excluding carboxylic acids is 5. The molecule has 0 aromatic heterocycles. The van der Waals surface area contributed by atoms with E-state index in [-0.39, 0.29) is 73.4 Å². The molecule has 7 unspecified atom stereocenters. The summed E-state index contributed by atoms with van der Waals surface area (Å²) in [5.74, 6) is -2.06. The van der Waals surface area contributed by atoms with Crippen LogP contribution in [0.15, 0.2) is 11.6 Å². The van der Waals surface area contributed by atoms with E-state index in [1.165, 1.54) is 0 Å². The van der Waals surface area contributed by atoms with Crippen molar-refractivity contribution in [2.45, 2.75) is 109 Å². The van der Waals surface area contributed by atoms with E-state index >= 15 is 0 Å².